The van der Waals surface area contributed by atoms with Crippen molar-refractivity contribution in [2.45, 2.75) is 40.0 Å². The molecule has 1 unspecified atom stereocenters. The van der Waals surface area contributed by atoms with Gasteiger partial charge in [-0.25, -0.2) is 0 Å². The fourth-order valence-electron chi connectivity index (χ4n) is 2.12. The van der Waals surface area contributed by atoms with Crippen molar-refractivity contribution in [3.63, 3.8) is 0 Å². The average Bonchev–Trinajstić information content (AvgIpc) is 2.32. The lowest BCUT2D eigenvalue weighted by atomic mass is 9.93. The van der Waals surface area contributed by atoms with E-state index in [0.717, 1.165) is 25.3 Å². The van der Waals surface area contributed by atoms with Crippen LogP contribution in [0.1, 0.15) is 42.9 Å². The topological polar surface area (TPSA) is 21.3 Å². The van der Waals surface area contributed by atoms with Crippen LogP contribution < -0.4 is 10.1 Å². The van der Waals surface area contributed by atoms with E-state index >= 15 is 0 Å². The van der Waals surface area contributed by atoms with Crippen molar-refractivity contribution >= 4 is 0 Å². The highest BCUT2D eigenvalue weighted by Gasteiger charge is 2.14. The molecule has 1 rings (SSSR count). The number of nitrogens with one attached hydrogen (secondary N) is 1. The molecule has 0 radical (unpaired) electrons. The summed E-state index contributed by atoms with van der Waals surface area (Å²) >= 11 is 0. The number of ether oxygens (including phenoxy) is 1. The minimum Gasteiger partial charge on any atom is -0.496 e. The predicted octanol–water partition coefficient (Wildman–Crippen LogP) is 3.42. The highest BCUT2D eigenvalue weighted by Crippen LogP contribution is 2.33. The van der Waals surface area contributed by atoms with E-state index in [-0.39, 0.29) is 0 Å². The van der Waals surface area contributed by atoms with Gasteiger partial charge in [0.15, 0.2) is 0 Å². The van der Waals surface area contributed by atoms with Crippen LogP contribution in [-0.4, -0.2) is 20.2 Å². The smallest absolute Gasteiger partial charge is 0.125 e. The third-order valence-corrected chi connectivity index (χ3v) is 3.45. The molecule has 0 aliphatic heterocycles. The second-order valence-corrected chi connectivity index (χ2v) is 4.67. The number of benzene rings is 1. The van der Waals surface area contributed by atoms with E-state index in [9.17, 15) is 0 Å². The van der Waals surface area contributed by atoms with Gasteiger partial charge in [-0.1, -0.05) is 26.0 Å². The van der Waals surface area contributed by atoms with Gasteiger partial charge < -0.3 is 10.1 Å². The molecule has 2 heteroatoms. The molecule has 0 spiro atoms. The summed E-state index contributed by atoms with van der Waals surface area (Å²) in [7, 11) is 1.77. The Labute approximate surface area is 105 Å². The first kappa shape index (κ1) is 14.0. The van der Waals surface area contributed by atoms with Crippen molar-refractivity contribution in [3.05, 3.63) is 28.8 Å². The van der Waals surface area contributed by atoms with E-state index < -0.39 is 0 Å². The summed E-state index contributed by atoms with van der Waals surface area (Å²) in [6, 6.07) is 4.40. The van der Waals surface area contributed by atoms with Gasteiger partial charge in [0.1, 0.15) is 5.75 Å². The van der Waals surface area contributed by atoms with Crippen LogP contribution in [0.15, 0.2) is 12.1 Å². The maximum absolute atomic E-state index is 5.56. The van der Waals surface area contributed by atoms with Gasteiger partial charge >= 0.3 is 0 Å². The normalized spacial score (nSPS) is 12.5. The number of aryl methyl sites for hydroxylation is 1. The van der Waals surface area contributed by atoms with Crippen LogP contribution in [0.2, 0.25) is 0 Å². The lowest BCUT2D eigenvalue weighted by molar-refractivity contribution is 0.401. The first-order valence-electron chi connectivity index (χ1n) is 6.46. The minimum absolute atomic E-state index is 0.531. The molecular weight excluding hydrogens is 210 g/mol. The largest absolute Gasteiger partial charge is 0.496 e. The molecule has 1 aromatic rings. The van der Waals surface area contributed by atoms with Gasteiger partial charge in [-0.05, 0) is 56.0 Å². The molecule has 0 saturated heterocycles. The molecule has 17 heavy (non-hydrogen) atoms. The third-order valence-electron chi connectivity index (χ3n) is 3.45. The van der Waals surface area contributed by atoms with E-state index in [1.807, 2.05) is 0 Å². The maximum atomic E-state index is 5.56. The Balaban J connectivity index is 2.85. The summed E-state index contributed by atoms with van der Waals surface area (Å²) in [5.41, 5.74) is 3.89. The molecule has 1 N–H and O–H groups in total. The van der Waals surface area contributed by atoms with Crippen molar-refractivity contribution in [2.24, 2.45) is 0 Å². The van der Waals surface area contributed by atoms with Crippen molar-refractivity contribution in [3.8, 4) is 5.75 Å². The fraction of sp³-hybridized carbons (Fsp3) is 0.600. The molecule has 1 atom stereocenters. The second-order valence-electron chi connectivity index (χ2n) is 4.67. The highest BCUT2D eigenvalue weighted by molar-refractivity contribution is 5.46. The molecule has 0 saturated carbocycles. The van der Waals surface area contributed by atoms with Crippen LogP contribution in [0.3, 0.4) is 0 Å². The molecule has 0 bridgehead atoms. The van der Waals surface area contributed by atoms with Gasteiger partial charge in [-0.2, -0.15) is 0 Å². The zero-order chi connectivity index (χ0) is 12.8. The van der Waals surface area contributed by atoms with Gasteiger partial charge in [0.25, 0.3) is 0 Å². The van der Waals surface area contributed by atoms with E-state index in [2.05, 4.69) is 45.1 Å². The molecule has 0 amide bonds. The first-order valence-corrected chi connectivity index (χ1v) is 6.46. The summed E-state index contributed by atoms with van der Waals surface area (Å²) in [6.07, 6.45) is 1.15. The standard InChI is InChI=1S/C15H25NO/c1-6-16-10-9-12(3)14-8-7-11(2)13(4)15(14)17-5/h7-8,12,16H,6,9-10H2,1-5H3. The average molecular weight is 235 g/mol. The second kappa shape index (κ2) is 6.65. The molecule has 0 heterocycles. The van der Waals surface area contributed by atoms with Gasteiger partial charge in [0.2, 0.25) is 0 Å². The van der Waals surface area contributed by atoms with Crippen LogP contribution in [0.5, 0.6) is 5.75 Å². The molecule has 1 aromatic carbocycles. The quantitative estimate of drug-likeness (QED) is 0.763. The molecule has 0 aromatic heterocycles. The molecule has 2 nitrogen and oxygen atoms in total. The van der Waals surface area contributed by atoms with Crippen molar-refractivity contribution in [2.75, 3.05) is 20.2 Å². The summed E-state index contributed by atoms with van der Waals surface area (Å²) in [5.74, 6) is 1.59. The number of hydrogen-bond acceptors (Lipinski definition) is 2. The monoisotopic (exact) mass is 235 g/mol. The number of rotatable bonds is 6. The first-order chi connectivity index (χ1) is 8.11. The lowest BCUT2D eigenvalue weighted by Gasteiger charge is -2.18. The summed E-state index contributed by atoms with van der Waals surface area (Å²) < 4.78 is 5.56. The SMILES string of the molecule is CCNCCC(C)c1ccc(C)c(C)c1OC. The van der Waals surface area contributed by atoms with Crippen LogP contribution in [0, 0.1) is 13.8 Å². The maximum Gasteiger partial charge on any atom is 0.125 e. The Morgan fingerprint density at radius 2 is 2.00 bits per heavy atom. The highest BCUT2D eigenvalue weighted by atomic mass is 16.5. The molecule has 96 valence electrons. The minimum atomic E-state index is 0.531. The van der Waals surface area contributed by atoms with E-state index in [1.54, 1.807) is 7.11 Å². The van der Waals surface area contributed by atoms with Gasteiger partial charge in [0.05, 0.1) is 7.11 Å². The van der Waals surface area contributed by atoms with Gasteiger partial charge in [-0.15, -0.1) is 0 Å². The van der Waals surface area contributed by atoms with Gasteiger partial charge in [0, 0.05) is 0 Å². The van der Waals surface area contributed by atoms with Gasteiger partial charge in [-0.3, -0.25) is 0 Å². The zero-order valence-corrected chi connectivity index (χ0v) is 11.8. The Morgan fingerprint density at radius 3 is 2.59 bits per heavy atom. The third kappa shape index (κ3) is 3.47. The molecule has 0 aliphatic rings. The van der Waals surface area contributed by atoms with Crippen LogP contribution in [-0.2, 0) is 0 Å². The molecule has 0 fully saturated rings. The Kier molecular flexibility index (Phi) is 5.49. The summed E-state index contributed by atoms with van der Waals surface area (Å²) in [5, 5.41) is 3.37. The summed E-state index contributed by atoms with van der Waals surface area (Å²) in [4.78, 5) is 0. The predicted molar refractivity (Wildman–Crippen MR) is 74.0 cm³/mol. The van der Waals surface area contributed by atoms with E-state index in [1.165, 1.54) is 16.7 Å². The van der Waals surface area contributed by atoms with Crippen LogP contribution >= 0.6 is 0 Å². The Hall–Kier alpha value is -1.02. The van der Waals surface area contributed by atoms with Crippen LogP contribution in [0.25, 0.3) is 0 Å². The van der Waals surface area contributed by atoms with E-state index in [0.29, 0.717) is 5.92 Å². The van der Waals surface area contributed by atoms with Crippen molar-refractivity contribution < 1.29 is 4.74 Å². The Bertz CT molecular complexity index is 360. The van der Waals surface area contributed by atoms with Crippen molar-refractivity contribution in [1.29, 1.82) is 0 Å². The molecule has 0 aliphatic carbocycles. The lowest BCUT2D eigenvalue weighted by Crippen LogP contribution is -2.16. The number of methoxy groups -OCH3 is 1. The molecular formula is C15H25NO. The van der Waals surface area contributed by atoms with Crippen molar-refractivity contribution in [1.82, 2.24) is 5.32 Å². The Morgan fingerprint density at radius 1 is 1.29 bits per heavy atom. The fourth-order valence-corrected chi connectivity index (χ4v) is 2.12. The zero-order valence-electron chi connectivity index (χ0n) is 11.8. The van der Waals surface area contributed by atoms with E-state index in [4.69, 9.17) is 4.74 Å². The number of hydrogen-bond donors (Lipinski definition) is 1. The summed E-state index contributed by atoms with van der Waals surface area (Å²) in [6.45, 7) is 10.8. The van der Waals surface area contributed by atoms with Crippen LogP contribution in [0.4, 0.5) is 0 Å².